The molecule has 0 aliphatic carbocycles. The summed E-state index contributed by atoms with van der Waals surface area (Å²) in [5.74, 6) is 0. The summed E-state index contributed by atoms with van der Waals surface area (Å²) in [4.78, 5) is 0. The molecule has 0 aromatic heterocycles. The van der Waals surface area contributed by atoms with Crippen molar-refractivity contribution in [2.45, 2.75) is 0 Å². The molecule has 0 unspecified atom stereocenters. The predicted octanol–water partition coefficient (Wildman–Crippen LogP) is -0.361. The maximum absolute atomic E-state index is 0. The molecule has 3 nitrogen and oxygen atoms in total. The van der Waals surface area contributed by atoms with E-state index >= 15 is 0 Å². The topological polar surface area (TPSA) is 85.5 Å². The summed E-state index contributed by atoms with van der Waals surface area (Å²) < 4.78 is 0. The van der Waals surface area contributed by atoms with Gasteiger partial charge >= 0.3 is 38.4 Å². The van der Waals surface area contributed by atoms with Gasteiger partial charge in [-0.3, -0.25) is 0 Å². The zero-order valence-electron chi connectivity index (χ0n) is 2.04. The summed E-state index contributed by atoms with van der Waals surface area (Å²) in [6, 6.07) is 0. The van der Waals surface area contributed by atoms with Gasteiger partial charge in [-0.25, -0.2) is 0 Å². The van der Waals surface area contributed by atoms with Crippen LogP contribution in [0.15, 0.2) is 0 Å². The fourth-order valence-corrected chi connectivity index (χ4v) is 0. The van der Waals surface area contributed by atoms with E-state index in [0.717, 1.165) is 0 Å². The minimum absolute atomic E-state index is 0. The predicted molar refractivity (Wildman–Crippen MR) is 2.06 cm³/mol. The molecule has 0 heterocycles. The van der Waals surface area contributed by atoms with Crippen LogP contribution in [0.1, 0.15) is 0 Å². The summed E-state index contributed by atoms with van der Waals surface area (Å²) in [7, 11) is 0. The number of rotatable bonds is 0. The number of hydrogen-bond acceptors (Lipinski definition) is 0. The standard InChI is InChI=1S/Cr.Mo.3O/q+3;+4;3*-2. The van der Waals surface area contributed by atoms with Crippen molar-refractivity contribution < 1.29 is 54.9 Å². The molecule has 0 saturated carbocycles. The van der Waals surface area contributed by atoms with E-state index in [4.69, 9.17) is 0 Å². The molecule has 5 heteroatoms. The van der Waals surface area contributed by atoms with Gasteiger partial charge in [0.25, 0.3) is 0 Å². The smallest absolute Gasteiger partial charge is 2.00 e. The molecule has 0 aliphatic heterocycles. The van der Waals surface area contributed by atoms with Crippen LogP contribution in [0.25, 0.3) is 0 Å². The van der Waals surface area contributed by atoms with Gasteiger partial charge < -0.3 is 16.4 Å². The maximum atomic E-state index is 0. The van der Waals surface area contributed by atoms with E-state index in [9.17, 15) is 0 Å². The van der Waals surface area contributed by atoms with Gasteiger partial charge in [0.05, 0.1) is 0 Å². The molecular weight excluding hydrogens is 196 g/mol. The van der Waals surface area contributed by atoms with Crippen molar-refractivity contribution in [3.05, 3.63) is 0 Å². The molecule has 0 fully saturated rings. The van der Waals surface area contributed by atoms with E-state index < -0.39 is 0 Å². The second-order valence-corrected chi connectivity index (χ2v) is 0. The summed E-state index contributed by atoms with van der Waals surface area (Å²) in [5.41, 5.74) is 0. The van der Waals surface area contributed by atoms with Crippen molar-refractivity contribution >= 4 is 0 Å². The van der Waals surface area contributed by atoms with E-state index in [1.807, 2.05) is 0 Å². The molecule has 29 valence electrons. The third-order valence-electron chi connectivity index (χ3n) is 0. The van der Waals surface area contributed by atoms with Gasteiger partial charge in [-0.1, -0.05) is 0 Å². The van der Waals surface area contributed by atoms with E-state index in [1.54, 1.807) is 0 Å². The zero-order valence-corrected chi connectivity index (χ0v) is 5.32. The second kappa shape index (κ2) is 70.8. The second-order valence-electron chi connectivity index (χ2n) is 0. The van der Waals surface area contributed by atoms with Crippen LogP contribution in [0.2, 0.25) is 0 Å². The minimum atomic E-state index is 0. The van der Waals surface area contributed by atoms with Gasteiger partial charge in [0, 0.05) is 0 Å². The molecule has 0 aliphatic rings. The van der Waals surface area contributed by atoms with Crippen molar-refractivity contribution in [3.63, 3.8) is 0 Å². The van der Waals surface area contributed by atoms with Gasteiger partial charge in [-0.05, 0) is 0 Å². The summed E-state index contributed by atoms with van der Waals surface area (Å²) in [5, 5.41) is 0. The average Bonchev–Trinajstić information content (AvgIpc) is 0. The fourth-order valence-electron chi connectivity index (χ4n) is 0. The van der Waals surface area contributed by atoms with Crippen molar-refractivity contribution in [3.8, 4) is 0 Å². The Morgan fingerprint density at radius 2 is 0.600 bits per heavy atom. The molecule has 1 radical (unpaired) electrons. The first-order valence-electron chi connectivity index (χ1n) is 0. The SMILES string of the molecule is [Cr+3].[Mo+4].[O-2].[O-2].[O-2]. The molecule has 0 N–H and O–H groups in total. The molecule has 0 amide bonds. The molecule has 0 bridgehead atoms. The van der Waals surface area contributed by atoms with Crippen molar-refractivity contribution in [1.29, 1.82) is 0 Å². The summed E-state index contributed by atoms with van der Waals surface area (Å²) in [6.45, 7) is 0. The molecule has 0 saturated heterocycles. The van der Waals surface area contributed by atoms with E-state index in [1.165, 1.54) is 0 Å². The van der Waals surface area contributed by atoms with Crippen molar-refractivity contribution in [1.82, 2.24) is 0 Å². The Hall–Kier alpha value is 1.10. The normalized spacial score (nSPS) is 0. The van der Waals surface area contributed by atoms with Gasteiger partial charge in [0.1, 0.15) is 0 Å². The van der Waals surface area contributed by atoms with E-state index in [2.05, 4.69) is 0 Å². The largest absolute Gasteiger partial charge is 4.00 e. The fraction of sp³-hybridized carbons (Fsp3) is 0. The quantitative estimate of drug-likeness (QED) is 0.473. The first kappa shape index (κ1) is 131. The van der Waals surface area contributed by atoms with Crippen LogP contribution in [0, 0.1) is 0 Å². The minimum Gasteiger partial charge on any atom is -2.00 e. The van der Waals surface area contributed by atoms with Crippen LogP contribution in [0.4, 0.5) is 0 Å². The first-order valence-corrected chi connectivity index (χ1v) is 0. The summed E-state index contributed by atoms with van der Waals surface area (Å²) >= 11 is 0. The Morgan fingerprint density at radius 3 is 0.600 bits per heavy atom. The Balaban J connectivity index is 0. The van der Waals surface area contributed by atoms with E-state index in [-0.39, 0.29) is 54.9 Å². The molecule has 0 atom stereocenters. The van der Waals surface area contributed by atoms with Gasteiger partial charge in [0.15, 0.2) is 0 Å². The Bertz CT molecular complexity index is 6.85. The molecule has 5 heavy (non-hydrogen) atoms. The molecule has 0 spiro atoms. The first-order chi connectivity index (χ1) is 0. The van der Waals surface area contributed by atoms with Crippen molar-refractivity contribution in [2.24, 2.45) is 0 Å². The van der Waals surface area contributed by atoms with Gasteiger partial charge in [-0.2, -0.15) is 0 Å². The molecule has 0 aromatic carbocycles. The Kier molecular flexibility index (Phi) is 1850. The van der Waals surface area contributed by atoms with Crippen LogP contribution < -0.4 is 0 Å². The van der Waals surface area contributed by atoms with Crippen molar-refractivity contribution in [2.75, 3.05) is 0 Å². The average molecular weight is 196 g/mol. The van der Waals surface area contributed by atoms with Crippen LogP contribution in [-0.2, 0) is 54.9 Å². The Labute approximate surface area is 55.1 Å². The summed E-state index contributed by atoms with van der Waals surface area (Å²) in [6.07, 6.45) is 0. The van der Waals surface area contributed by atoms with E-state index in [0.29, 0.717) is 0 Å². The molecule has 0 rings (SSSR count). The zero-order chi connectivity index (χ0) is 0. The van der Waals surface area contributed by atoms with Crippen LogP contribution >= 0.6 is 0 Å². The van der Waals surface area contributed by atoms with Crippen LogP contribution in [0.3, 0.4) is 0 Å². The molecular formula is CrMoO3+. The third kappa shape index (κ3) is 40.5. The van der Waals surface area contributed by atoms with Gasteiger partial charge in [-0.15, -0.1) is 0 Å². The maximum Gasteiger partial charge on any atom is 4.00 e. The van der Waals surface area contributed by atoms with Crippen LogP contribution in [-0.4, -0.2) is 0 Å². The van der Waals surface area contributed by atoms with Crippen LogP contribution in [0.5, 0.6) is 0 Å². The van der Waals surface area contributed by atoms with Gasteiger partial charge in [0.2, 0.25) is 0 Å². The number of hydrogen-bond donors (Lipinski definition) is 0. The third-order valence-corrected chi connectivity index (χ3v) is 0. The Morgan fingerprint density at radius 1 is 0.600 bits per heavy atom. The monoisotopic (exact) mass is 198 g/mol. The molecule has 0 aromatic rings.